The zero-order chi connectivity index (χ0) is 19.9. The minimum absolute atomic E-state index is 0.149. The van der Waals surface area contributed by atoms with Crippen LogP contribution < -0.4 is 10.6 Å². The van der Waals surface area contributed by atoms with Crippen molar-refractivity contribution in [3.63, 3.8) is 0 Å². The molecule has 2 N–H and O–H groups in total. The van der Waals surface area contributed by atoms with Gasteiger partial charge in [0.2, 0.25) is 5.91 Å². The smallest absolute Gasteiger partial charge is 0.251 e. The average molecular weight is 395 g/mol. The predicted octanol–water partition coefficient (Wildman–Crippen LogP) is 2.78. The number of thioether (sulfide) groups is 1. The Morgan fingerprint density at radius 1 is 1.07 bits per heavy atom. The van der Waals surface area contributed by atoms with E-state index in [0.29, 0.717) is 23.0 Å². The van der Waals surface area contributed by atoms with Crippen molar-refractivity contribution in [2.24, 2.45) is 7.05 Å². The molecular formula is C20H21N5O2S. The lowest BCUT2D eigenvalue weighted by molar-refractivity contribution is -0.113. The summed E-state index contributed by atoms with van der Waals surface area (Å²) in [5.41, 5.74) is 3.41. The topological polar surface area (TPSA) is 88.9 Å². The van der Waals surface area contributed by atoms with E-state index in [-0.39, 0.29) is 17.6 Å². The number of nitrogens with one attached hydrogen (secondary N) is 2. The Balaban J connectivity index is 1.48. The highest BCUT2D eigenvalue weighted by atomic mass is 32.2. The SMILES string of the molecule is Cc1ccc(CNC(=O)c2ccc(NC(=O)CSc3nncn3C)cc2)cc1. The van der Waals surface area contributed by atoms with Gasteiger partial charge in [-0.05, 0) is 36.8 Å². The van der Waals surface area contributed by atoms with E-state index < -0.39 is 0 Å². The molecule has 0 aliphatic carbocycles. The highest BCUT2D eigenvalue weighted by Crippen LogP contribution is 2.15. The van der Waals surface area contributed by atoms with E-state index in [1.165, 1.54) is 17.3 Å². The molecule has 0 bridgehead atoms. The zero-order valence-corrected chi connectivity index (χ0v) is 16.5. The monoisotopic (exact) mass is 395 g/mol. The maximum atomic E-state index is 12.3. The lowest BCUT2D eigenvalue weighted by Gasteiger charge is -2.08. The second-order valence-corrected chi connectivity index (χ2v) is 7.25. The number of anilines is 1. The number of amides is 2. The van der Waals surface area contributed by atoms with Crippen LogP contribution in [0.3, 0.4) is 0 Å². The molecule has 0 radical (unpaired) electrons. The van der Waals surface area contributed by atoms with Gasteiger partial charge in [0.15, 0.2) is 5.16 Å². The minimum atomic E-state index is -0.156. The van der Waals surface area contributed by atoms with E-state index >= 15 is 0 Å². The van der Waals surface area contributed by atoms with Crippen LogP contribution in [0.15, 0.2) is 60.0 Å². The van der Waals surface area contributed by atoms with Crippen LogP contribution in [0.25, 0.3) is 0 Å². The summed E-state index contributed by atoms with van der Waals surface area (Å²) in [6.07, 6.45) is 1.59. The number of benzene rings is 2. The normalized spacial score (nSPS) is 10.5. The molecule has 2 aromatic carbocycles. The number of nitrogens with zero attached hydrogens (tertiary/aromatic N) is 3. The summed E-state index contributed by atoms with van der Waals surface area (Å²) in [5, 5.41) is 14.1. The molecule has 0 aliphatic heterocycles. The molecular weight excluding hydrogens is 374 g/mol. The van der Waals surface area contributed by atoms with Crippen LogP contribution >= 0.6 is 11.8 Å². The Morgan fingerprint density at radius 3 is 2.43 bits per heavy atom. The molecule has 28 heavy (non-hydrogen) atoms. The molecule has 1 aromatic heterocycles. The highest BCUT2D eigenvalue weighted by Gasteiger charge is 2.09. The quantitative estimate of drug-likeness (QED) is 0.601. The molecule has 0 fully saturated rings. The molecule has 0 atom stereocenters. The Hall–Kier alpha value is -3.13. The summed E-state index contributed by atoms with van der Waals surface area (Å²) < 4.78 is 1.75. The van der Waals surface area contributed by atoms with Gasteiger partial charge in [-0.25, -0.2) is 0 Å². The largest absolute Gasteiger partial charge is 0.348 e. The number of carbonyl (C=O) groups is 2. The van der Waals surface area contributed by atoms with Crippen LogP contribution in [-0.4, -0.2) is 32.3 Å². The first-order valence-corrected chi connectivity index (χ1v) is 9.70. The number of hydrogen-bond donors (Lipinski definition) is 2. The molecule has 1 heterocycles. The molecule has 8 heteroatoms. The van der Waals surface area contributed by atoms with E-state index in [1.807, 2.05) is 38.2 Å². The number of aromatic nitrogens is 3. The van der Waals surface area contributed by atoms with Crippen LogP contribution in [0.4, 0.5) is 5.69 Å². The first-order chi connectivity index (χ1) is 13.5. The Labute approximate surface area is 167 Å². The summed E-state index contributed by atoms with van der Waals surface area (Å²) in [4.78, 5) is 24.3. The third-order valence-electron chi connectivity index (χ3n) is 4.01. The third kappa shape index (κ3) is 5.43. The van der Waals surface area contributed by atoms with E-state index in [2.05, 4.69) is 20.8 Å². The van der Waals surface area contributed by atoms with Gasteiger partial charge >= 0.3 is 0 Å². The highest BCUT2D eigenvalue weighted by molar-refractivity contribution is 7.99. The zero-order valence-electron chi connectivity index (χ0n) is 15.7. The maximum absolute atomic E-state index is 12.3. The lowest BCUT2D eigenvalue weighted by Crippen LogP contribution is -2.22. The fraction of sp³-hybridized carbons (Fsp3) is 0.200. The summed E-state index contributed by atoms with van der Waals surface area (Å²) in [6, 6.07) is 14.8. The van der Waals surface area contributed by atoms with Gasteiger partial charge < -0.3 is 15.2 Å². The van der Waals surface area contributed by atoms with Crippen LogP contribution in [0.1, 0.15) is 21.5 Å². The van der Waals surface area contributed by atoms with Gasteiger partial charge in [-0.2, -0.15) is 0 Å². The van der Waals surface area contributed by atoms with Crippen molar-refractivity contribution >= 4 is 29.3 Å². The second-order valence-electron chi connectivity index (χ2n) is 6.31. The van der Waals surface area contributed by atoms with Crippen molar-refractivity contribution in [3.8, 4) is 0 Å². The standard InChI is InChI=1S/C20H21N5O2S/c1-14-3-5-15(6-4-14)11-21-19(27)16-7-9-17(10-8-16)23-18(26)12-28-20-24-22-13-25(20)2/h3-10,13H,11-12H2,1-2H3,(H,21,27)(H,23,26). The molecule has 0 spiro atoms. The van der Waals surface area contributed by atoms with Gasteiger partial charge in [-0.3, -0.25) is 9.59 Å². The van der Waals surface area contributed by atoms with E-state index in [1.54, 1.807) is 35.2 Å². The third-order valence-corrected chi connectivity index (χ3v) is 5.04. The van der Waals surface area contributed by atoms with Crippen molar-refractivity contribution in [3.05, 3.63) is 71.5 Å². The van der Waals surface area contributed by atoms with Crippen LogP contribution in [0, 0.1) is 6.92 Å². The van der Waals surface area contributed by atoms with E-state index in [4.69, 9.17) is 0 Å². The van der Waals surface area contributed by atoms with Crippen molar-refractivity contribution in [2.75, 3.05) is 11.1 Å². The van der Waals surface area contributed by atoms with Crippen LogP contribution in [0.2, 0.25) is 0 Å². The average Bonchev–Trinajstić information content (AvgIpc) is 3.11. The number of aryl methyl sites for hydroxylation is 2. The number of carbonyl (C=O) groups excluding carboxylic acids is 2. The first kappa shape index (κ1) is 19.6. The van der Waals surface area contributed by atoms with E-state index in [0.717, 1.165) is 5.56 Å². The lowest BCUT2D eigenvalue weighted by atomic mass is 10.1. The van der Waals surface area contributed by atoms with Crippen LogP contribution in [0.5, 0.6) is 0 Å². The molecule has 0 unspecified atom stereocenters. The predicted molar refractivity (Wildman–Crippen MR) is 109 cm³/mol. The molecule has 2 amide bonds. The fourth-order valence-corrected chi connectivity index (χ4v) is 3.11. The molecule has 0 saturated carbocycles. The first-order valence-electron chi connectivity index (χ1n) is 8.72. The molecule has 0 aliphatic rings. The maximum Gasteiger partial charge on any atom is 0.251 e. The Kier molecular flexibility index (Phi) is 6.44. The van der Waals surface area contributed by atoms with Gasteiger partial charge in [0, 0.05) is 24.8 Å². The van der Waals surface area contributed by atoms with Crippen molar-refractivity contribution < 1.29 is 9.59 Å². The van der Waals surface area contributed by atoms with Crippen molar-refractivity contribution in [1.29, 1.82) is 0 Å². The van der Waals surface area contributed by atoms with Gasteiger partial charge in [-0.15, -0.1) is 10.2 Å². The summed E-state index contributed by atoms with van der Waals surface area (Å²) in [5.74, 6) is -0.0773. The van der Waals surface area contributed by atoms with Crippen LogP contribution in [-0.2, 0) is 18.4 Å². The van der Waals surface area contributed by atoms with Crippen molar-refractivity contribution in [2.45, 2.75) is 18.6 Å². The Bertz CT molecular complexity index is 951. The minimum Gasteiger partial charge on any atom is -0.348 e. The molecule has 0 saturated heterocycles. The molecule has 3 aromatic rings. The van der Waals surface area contributed by atoms with E-state index in [9.17, 15) is 9.59 Å². The molecule has 3 rings (SSSR count). The fourth-order valence-electron chi connectivity index (χ4n) is 2.43. The summed E-state index contributed by atoms with van der Waals surface area (Å²) in [7, 11) is 1.82. The Morgan fingerprint density at radius 2 is 1.79 bits per heavy atom. The number of hydrogen-bond acceptors (Lipinski definition) is 5. The molecule has 7 nitrogen and oxygen atoms in total. The summed E-state index contributed by atoms with van der Waals surface area (Å²) in [6.45, 7) is 2.49. The number of rotatable bonds is 7. The second kappa shape index (κ2) is 9.18. The summed E-state index contributed by atoms with van der Waals surface area (Å²) >= 11 is 1.31. The van der Waals surface area contributed by atoms with Gasteiger partial charge in [0.1, 0.15) is 6.33 Å². The van der Waals surface area contributed by atoms with Gasteiger partial charge in [0.25, 0.3) is 5.91 Å². The van der Waals surface area contributed by atoms with Crippen molar-refractivity contribution in [1.82, 2.24) is 20.1 Å². The van der Waals surface area contributed by atoms with Gasteiger partial charge in [-0.1, -0.05) is 41.6 Å². The molecule has 144 valence electrons. The van der Waals surface area contributed by atoms with Gasteiger partial charge in [0.05, 0.1) is 5.75 Å².